The molecule has 0 saturated carbocycles. The summed E-state index contributed by atoms with van der Waals surface area (Å²) in [6.07, 6.45) is -9.59. The van der Waals surface area contributed by atoms with Crippen molar-refractivity contribution in [3.8, 4) is 22.3 Å². The lowest BCUT2D eigenvalue weighted by atomic mass is 9.97. The predicted octanol–water partition coefficient (Wildman–Crippen LogP) is 13.2. The highest BCUT2D eigenvalue weighted by Gasteiger charge is 2.38. The highest BCUT2D eigenvalue weighted by atomic mass is 19.4. The Bertz CT molecular complexity index is 2120. The van der Waals surface area contributed by atoms with E-state index >= 15 is 13.2 Å². The van der Waals surface area contributed by atoms with Crippen LogP contribution < -0.4 is 9.80 Å². The zero-order valence-corrected chi connectivity index (χ0v) is 27.9. The van der Waals surface area contributed by atoms with Crippen molar-refractivity contribution < 1.29 is 26.3 Å². The average Bonchev–Trinajstić information content (AvgIpc) is 3.09. The first-order chi connectivity index (χ1) is 23.7. The molecule has 0 unspecified atom stereocenters. The summed E-state index contributed by atoms with van der Waals surface area (Å²) in [5.41, 5.74) is 4.12. The van der Waals surface area contributed by atoms with E-state index in [0.717, 1.165) is 39.9 Å². The van der Waals surface area contributed by atoms with Gasteiger partial charge < -0.3 is 9.80 Å². The molecule has 0 aliphatic carbocycles. The van der Waals surface area contributed by atoms with Crippen molar-refractivity contribution in [2.24, 2.45) is 0 Å². The summed E-state index contributed by atoms with van der Waals surface area (Å²) < 4.78 is 88.4. The fraction of sp³-hybridized carbons (Fsp3) is 0.143. The number of nitrogens with zero attached hydrogens (tertiary/aromatic N) is 2. The first kappa shape index (κ1) is 34.4. The molecule has 2 nitrogen and oxygen atoms in total. The smallest absolute Gasteiger partial charge is 0.344 e. The molecule has 6 aromatic carbocycles. The Hall–Kier alpha value is -5.50. The third-order valence-corrected chi connectivity index (χ3v) is 8.79. The SMILES string of the molecule is Cc1ccc(-c2ccc(N(c3ccc(C)cc3C)c3ccc(-c4ccc(N(C)c5ccccc5)c(C(F)(F)F)c4)cc3C(F)(F)F)cc2)cc1. The van der Waals surface area contributed by atoms with E-state index in [4.69, 9.17) is 0 Å². The van der Waals surface area contributed by atoms with Crippen LogP contribution in [0, 0.1) is 20.8 Å². The molecule has 0 saturated heterocycles. The molecule has 0 aliphatic heterocycles. The molecule has 0 spiro atoms. The summed E-state index contributed by atoms with van der Waals surface area (Å²) >= 11 is 0. The van der Waals surface area contributed by atoms with Crippen LogP contribution in [0.5, 0.6) is 0 Å². The van der Waals surface area contributed by atoms with E-state index < -0.39 is 23.5 Å². The summed E-state index contributed by atoms with van der Waals surface area (Å²) in [4.78, 5) is 2.96. The van der Waals surface area contributed by atoms with Crippen LogP contribution in [0.3, 0.4) is 0 Å². The number of hydrogen-bond acceptors (Lipinski definition) is 2. The molecule has 0 radical (unpaired) electrons. The number of benzene rings is 6. The molecule has 0 aliphatic rings. The second-order valence-electron chi connectivity index (χ2n) is 12.4. The summed E-state index contributed by atoms with van der Waals surface area (Å²) in [7, 11) is 1.52. The van der Waals surface area contributed by atoms with Crippen molar-refractivity contribution in [1.29, 1.82) is 0 Å². The van der Waals surface area contributed by atoms with Gasteiger partial charge in [-0.05, 0) is 103 Å². The second kappa shape index (κ2) is 13.4. The van der Waals surface area contributed by atoms with Crippen molar-refractivity contribution in [2.75, 3.05) is 16.8 Å². The van der Waals surface area contributed by atoms with E-state index in [1.54, 1.807) is 53.4 Å². The Morgan fingerprint density at radius 2 is 0.880 bits per heavy atom. The fourth-order valence-corrected chi connectivity index (χ4v) is 6.18. The highest BCUT2D eigenvalue weighted by Crippen LogP contribution is 2.47. The molecule has 8 heteroatoms. The van der Waals surface area contributed by atoms with Crippen LogP contribution in [0.1, 0.15) is 27.8 Å². The van der Waals surface area contributed by atoms with Gasteiger partial charge in [0.15, 0.2) is 0 Å². The molecule has 0 fully saturated rings. The van der Waals surface area contributed by atoms with Crippen molar-refractivity contribution in [3.63, 3.8) is 0 Å². The monoisotopic (exact) mass is 680 g/mol. The minimum atomic E-state index is -4.83. The van der Waals surface area contributed by atoms with Crippen LogP contribution in [-0.4, -0.2) is 7.05 Å². The van der Waals surface area contributed by atoms with E-state index in [0.29, 0.717) is 17.1 Å². The third kappa shape index (κ3) is 7.10. The minimum Gasteiger partial charge on any atom is -0.344 e. The highest BCUT2D eigenvalue weighted by molar-refractivity contribution is 5.84. The number of alkyl halides is 6. The maximum atomic E-state index is 15.0. The van der Waals surface area contributed by atoms with Gasteiger partial charge in [-0.2, -0.15) is 26.3 Å². The molecule has 6 aromatic rings. The van der Waals surface area contributed by atoms with Crippen molar-refractivity contribution >= 4 is 28.4 Å². The van der Waals surface area contributed by atoms with Gasteiger partial charge in [-0.15, -0.1) is 0 Å². The zero-order chi connectivity index (χ0) is 35.8. The van der Waals surface area contributed by atoms with Crippen LogP contribution in [0.4, 0.5) is 54.8 Å². The van der Waals surface area contributed by atoms with Crippen LogP contribution in [0.15, 0.2) is 133 Å². The Kier molecular flexibility index (Phi) is 9.23. The van der Waals surface area contributed by atoms with Gasteiger partial charge in [-0.3, -0.25) is 0 Å². The van der Waals surface area contributed by atoms with Gasteiger partial charge in [0.1, 0.15) is 0 Å². The first-order valence-electron chi connectivity index (χ1n) is 16.0. The maximum Gasteiger partial charge on any atom is 0.418 e. The summed E-state index contributed by atoms with van der Waals surface area (Å²) in [5.74, 6) is 0. The van der Waals surface area contributed by atoms with Gasteiger partial charge in [0.05, 0.1) is 22.5 Å². The normalized spacial score (nSPS) is 11.8. The standard InChI is InChI=1S/C42H34F6N2/c1-27-10-13-30(14-11-27)31-15-19-35(20-16-31)50(38-21-12-28(2)24-29(38)3)40-23-18-33(26-37(40)42(46,47)48)32-17-22-39(36(25-32)41(43,44)45)49(4)34-8-6-5-7-9-34/h5-26H,1-4H3. The largest absolute Gasteiger partial charge is 0.418 e. The van der Waals surface area contributed by atoms with Crippen molar-refractivity contribution in [2.45, 2.75) is 33.1 Å². The molecule has 6 rings (SSSR count). The average molecular weight is 681 g/mol. The number of rotatable bonds is 7. The van der Waals surface area contributed by atoms with Gasteiger partial charge >= 0.3 is 12.4 Å². The van der Waals surface area contributed by atoms with Gasteiger partial charge in [-0.1, -0.05) is 90.0 Å². The number of anilines is 5. The molecule has 0 atom stereocenters. The lowest BCUT2D eigenvalue weighted by molar-refractivity contribution is -0.138. The number of para-hydroxylation sites is 1. The molecule has 254 valence electrons. The van der Waals surface area contributed by atoms with E-state index in [1.807, 2.05) is 69.3 Å². The number of halogens is 6. The van der Waals surface area contributed by atoms with Crippen LogP contribution in [-0.2, 0) is 12.4 Å². The Morgan fingerprint density at radius 3 is 1.42 bits per heavy atom. The quantitative estimate of drug-likeness (QED) is 0.155. The van der Waals surface area contributed by atoms with E-state index in [2.05, 4.69) is 0 Å². The summed E-state index contributed by atoms with van der Waals surface area (Å²) in [6.45, 7) is 5.74. The van der Waals surface area contributed by atoms with Crippen LogP contribution in [0.2, 0.25) is 0 Å². The van der Waals surface area contributed by atoms with Gasteiger partial charge in [0.25, 0.3) is 0 Å². The first-order valence-corrected chi connectivity index (χ1v) is 16.0. The molecule has 0 aromatic heterocycles. The van der Waals surface area contributed by atoms with E-state index in [-0.39, 0.29) is 22.5 Å². The van der Waals surface area contributed by atoms with E-state index in [1.165, 1.54) is 36.2 Å². The van der Waals surface area contributed by atoms with Crippen molar-refractivity contribution in [1.82, 2.24) is 0 Å². The van der Waals surface area contributed by atoms with E-state index in [9.17, 15) is 13.2 Å². The van der Waals surface area contributed by atoms with Gasteiger partial charge in [0, 0.05) is 24.1 Å². The number of hydrogen-bond donors (Lipinski definition) is 0. The van der Waals surface area contributed by atoms with Gasteiger partial charge in [0.2, 0.25) is 0 Å². The molecule has 0 N–H and O–H groups in total. The minimum absolute atomic E-state index is 0.00999. The lowest BCUT2D eigenvalue weighted by Crippen LogP contribution is -2.18. The predicted molar refractivity (Wildman–Crippen MR) is 191 cm³/mol. The molecule has 0 heterocycles. The van der Waals surface area contributed by atoms with Crippen molar-refractivity contribution in [3.05, 3.63) is 161 Å². The third-order valence-electron chi connectivity index (χ3n) is 8.79. The number of aryl methyl sites for hydroxylation is 3. The Balaban J connectivity index is 1.48. The Labute approximate surface area is 287 Å². The Morgan fingerprint density at radius 1 is 0.420 bits per heavy atom. The maximum absolute atomic E-state index is 15.0. The molecular formula is C42H34F6N2. The second-order valence-corrected chi connectivity index (χ2v) is 12.4. The molecule has 0 bridgehead atoms. The van der Waals surface area contributed by atoms with Gasteiger partial charge in [-0.25, -0.2) is 0 Å². The molecular weight excluding hydrogens is 646 g/mol. The van der Waals surface area contributed by atoms with Crippen LogP contribution in [0.25, 0.3) is 22.3 Å². The summed E-state index contributed by atoms with van der Waals surface area (Å²) in [6, 6.07) is 36.7. The lowest BCUT2D eigenvalue weighted by Gasteiger charge is -2.30. The van der Waals surface area contributed by atoms with Crippen LogP contribution >= 0.6 is 0 Å². The topological polar surface area (TPSA) is 6.48 Å². The molecule has 50 heavy (non-hydrogen) atoms. The molecule has 0 amide bonds. The summed E-state index contributed by atoms with van der Waals surface area (Å²) in [5, 5.41) is 0. The fourth-order valence-electron chi connectivity index (χ4n) is 6.18. The zero-order valence-electron chi connectivity index (χ0n) is 27.9.